The number of nitrogens with zero attached hydrogens (tertiary/aromatic N) is 2. The lowest BCUT2D eigenvalue weighted by Crippen LogP contribution is -2.21. The SMILES string of the molecule is CCNC(CCc1cnn(C)c1)c1ccc(F)c(OC)c1. The van der Waals surface area contributed by atoms with E-state index in [1.165, 1.54) is 18.7 Å². The Morgan fingerprint density at radius 3 is 2.86 bits per heavy atom. The van der Waals surface area contributed by atoms with E-state index in [1.54, 1.807) is 10.7 Å². The molecule has 1 atom stereocenters. The average molecular weight is 291 g/mol. The van der Waals surface area contributed by atoms with E-state index in [1.807, 2.05) is 25.5 Å². The molecule has 4 nitrogen and oxygen atoms in total. The first-order valence-electron chi connectivity index (χ1n) is 7.18. The fourth-order valence-electron chi connectivity index (χ4n) is 2.44. The van der Waals surface area contributed by atoms with Crippen LogP contribution in [0.3, 0.4) is 0 Å². The fraction of sp³-hybridized carbons (Fsp3) is 0.438. The number of aryl methyl sites for hydroxylation is 2. The van der Waals surface area contributed by atoms with Gasteiger partial charge >= 0.3 is 0 Å². The van der Waals surface area contributed by atoms with E-state index in [2.05, 4.69) is 17.3 Å². The highest BCUT2D eigenvalue weighted by Crippen LogP contribution is 2.25. The largest absolute Gasteiger partial charge is 0.494 e. The van der Waals surface area contributed by atoms with Crippen molar-refractivity contribution in [3.8, 4) is 5.75 Å². The zero-order valence-corrected chi connectivity index (χ0v) is 12.8. The van der Waals surface area contributed by atoms with E-state index in [9.17, 15) is 4.39 Å². The zero-order chi connectivity index (χ0) is 15.2. The summed E-state index contributed by atoms with van der Waals surface area (Å²) in [6.07, 6.45) is 5.75. The van der Waals surface area contributed by atoms with Crippen molar-refractivity contribution < 1.29 is 9.13 Å². The highest BCUT2D eigenvalue weighted by molar-refractivity contribution is 5.32. The molecule has 0 bridgehead atoms. The first kappa shape index (κ1) is 15.5. The number of benzene rings is 1. The monoisotopic (exact) mass is 291 g/mol. The second kappa shape index (κ2) is 7.22. The van der Waals surface area contributed by atoms with E-state index >= 15 is 0 Å². The van der Waals surface area contributed by atoms with Crippen molar-refractivity contribution in [2.75, 3.05) is 13.7 Å². The molecule has 114 valence electrons. The summed E-state index contributed by atoms with van der Waals surface area (Å²) in [4.78, 5) is 0. The maximum atomic E-state index is 13.5. The lowest BCUT2D eigenvalue weighted by Gasteiger charge is -2.19. The van der Waals surface area contributed by atoms with Gasteiger partial charge in [0.2, 0.25) is 0 Å². The third-order valence-corrected chi connectivity index (χ3v) is 3.51. The van der Waals surface area contributed by atoms with Gasteiger partial charge in [0.25, 0.3) is 0 Å². The van der Waals surface area contributed by atoms with Gasteiger partial charge in [-0.15, -0.1) is 0 Å². The Hall–Kier alpha value is -1.88. The fourth-order valence-corrected chi connectivity index (χ4v) is 2.44. The van der Waals surface area contributed by atoms with E-state index in [4.69, 9.17) is 4.74 Å². The smallest absolute Gasteiger partial charge is 0.165 e. The van der Waals surface area contributed by atoms with Crippen LogP contribution in [0.2, 0.25) is 0 Å². The van der Waals surface area contributed by atoms with Gasteiger partial charge in [-0.05, 0) is 42.6 Å². The van der Waals surface area contributed by atoms with Gasteiger partial charge < -0.3 is 10.1 Å². The number of halogens is 1. The Balaban J connectivity index is 2.10. The topological polar surface area (TPSA) is 39.1 Å². The Morgan fingerprint density at radius 1 is 1.43 bits per heavy atom. The van der Waals surface area contributed by atoms with E-state index < -0.39 is 0 Å². The van der Waals surface area contributed by atoms with E-state index in [0.29, 0.717) is 0 Å². The van der Waals surface area contributed by atoms with Crippen LogP contribution in [0.1, 0.15) is 30.5 Å². The molecule has 1 aromatic heterocycles. The number of rotatable bonds is 7. The minimum Gasteiger partial charge on any atom is -0.494 e. The van der Waals surface area contributed by atoms with Crippen LogP contribution in [-0.2, 0) is 13.5 Å². The van der Waals surface area contributed by atoms with Gasteiger partial charge in [0.05, 0.1) is 13.3 Å². The molecule has 1 heterocycles. The summed E-state index contributed by atoms with van der Waals surface area (Å²) in [5.74, 6) is -0.0412. The number of methoxy groups -OCH3 is 1. The maximum Gasteiger partial charge on any atom is 0.165 e. The van der Waals surface area contributed by atoms with Crippen LogP contribution in [0.5, 0.6) is 5.75 Å². The molecule has 1 aromatic carbocycles. The van der Waals surface area contributed by atoms with Gasteiger partial charge in [-0.25, -0.2) is 4.39 Å². The Bertz CT molecular complexity index is 583. The predicted molar refractivity (Wildman–Crippen MR) is 80.9 cm³/mol. The summed E-state index contributed by atoms with van der Waals surface area (Å²) in [6.45, 7) is 2.93. The Kier molecular flexibility index (Phi) is 5.33. The van der Waals surface area contributed by atoms with Crippen LogP contribution < -0.4 is 10.1 Å². The van der Waals surface area contributed by atoms with Crippen LogP contribution in [0, 0.1) is 5.82 Å². The minimum atomic E-state index is -0.330. The van der Waals surface area contributed by atoms with Crippen molar-refractivity contribution in [1.29, 1.82) is 0 Å². The molecule has 5 heteroatoms. The summed E-state index contributed by atoms with van der Waals surface area (Å²) in [7, 11) is 3.40. The molecule has 21 heavy (non-hydrogen) atoms. The molecule has 2 rings (SSSR count). The molecule has 0 amide bonds. The first-order valence-corrected chi connectivity index (χ1v) is 7.18. The molecule has 0 fully saturated rings. The summed E-state index contributed by atoms with van der Waals surface area (Å²) < 4.78 is 20.4. The van der Waals surface area contributed by atoms with Crippen LogP contribution in [-0.4, -0.2) is 23.4 Å². The zero-order valence-electron chi connectivity index (χ0n) is 12.8. The lowest BCUT2D eigenvalue weighted by atomic mass is 9.99. The molecule has 1 N–H and O–H groups in total. The van der Waals surface area contributed by atoms with Crippen LogP contribution >= 0.6 is 0 Å². The van der Waals surface area contributed by atoms with Crippen molar-refractivity contribution in [3.05, 3.63) is 47.5 Å². The highest BCUT2D eigenvalue weighted by atomic mass is 19.1. The lowest BCUT2D eigenvalue weighted by molar-refractivity contribution is 0.384. The summed E-state index contributed by atoms with van der Waals surface area (Å²) in [6, 6.07) is 5.22. The predicted octanol–water partition coefficient (Wildman–Crippen LogP) is 2.85. The van der Waals surface area contributed by atoms with Gasteiger partial charge in [0.1, 0.15) is 0 Å². The summed E-state index contributed by atoms with van der Waals surface area (Å²) >= 11 is 0. The van der Waals surface area contributed by atoms with Crippen LogP contribution in [0.4, 0.5) is 4.39 Å². The van der Waals surface area contributed by atoms with Crippen molar-refractivity contribution in [3.63, 3.8) is 0 Å². The maximum absolute atomic E-state index is 13.5. The molecular weight excluding hydrogens is 269 g/mol. The standard InChI is InChI=1S/C16H22FN3O/c1-4-18-15(8-5-12-10-19-20(2)11-12)13-6-7-14(17)16(9-13)21-3/h6-7,9-11,15,18H,4-5,8H2,1-3H3. The van der Waals surface area contributed by atoms with Gasteiger partial charge in [-0.2, -0.15) is 5.10 Å². The summed E-state index contributed by atoms with van der Waals surface area (Å²) in [5.41, 5.74) is 2.24. The molecular formula is C16H22FN3O. The molecule has 0 saturated heterocycles. The molecule has 0 aliphatic heterocycles. The molecule has 1 unspecified atom stereocenters. The Labute approximate surface area is 124 Å². The highest BCUT2D eigenvalue weighted by Gasteiger charge is 2.13. The van der Waals surface area contributed by atoms with Gasteiger partial charge in [0.15, 0.2) is 11.6 Å². The van der Waals surface area contributed by atoms with Crippen molar-refractivity contribution in [2.45, 2.75) is 25.8 Å². The third kappa shape index (κ3) is 4.04. The van der Waals surface area contributed by atoms with Crippen molar-refractivity contribution >= 4 is 0 Å². The van der Waals surface area contributed by atoms with Gasteiger partial charge in [-0.3, -0.25) is 4.68 Å². The normalized spacial score (nSPS) is 12.4. The minimum absolute atomic E-state index is 0.171. The molecule has 0 spiro atoms. The molecule has 0 radical (unpaired) electrons. The molecule has 2 aromatic rings. The Morgan fingerprint density at radius 2 is 2.24 bits per heavy atom. The van der Waals surface area contributed by atoms with Crippen molar-refractivity contribution in [2.24, 2.45) is 7.05 Å². The summed E-state index contributed by atoms with van der Waals surface area (Å²) in [5, 5.41) is 7.62. The van der Waals surface area contributed by atoms with E-state index in [-0.39, 0.29) is 17.6 Å². The number of hydrogen-bond donors (Lipinski definition) is 1. The van der Waals surface area contributed by atoms with Crippen molar-refractivity contribution in [1.82, 2.24) is 15.1 Å². The number of ether oxygens (including phenoxy) is 1. The van der Waals surface area contributed by atoms with Crippen LogP contribution in [0.15, 0.2) is 30.6 Å². The molecule has 0 aliphatic rings. The van der Waals surface area contributed by atoms with Crippen LogP contribution in [0.25, 0.3) is 0 Å². The number of aromatic nitrogens is 2. The average Bonchev–Trinajstić information content (AvgIpc) is 2.90. The first-order chi connectivity index (χ1) is 10.1. The number of nitrogens with one attached hydrogen (secondary N) is 1. The third-order valence-electron chi connectivity index (χ3n) is 3.51. The van der Waals surface area contributed by atoms with Gasteiger partial charge in [-0.1, -0.05) is 13.0 Å². The van der Waals surface area contributed by atoms with E-state index in [0.717, 1.165) is 24.9 Å². The second-order valence-electron chi connectivity index (χ2n) is 5.07. The quantitative estimate of drug-likeness (QED) is 0.852. The second-order valence-corrected chi connectivity index (χ2v) is 5.07. The molecule has 0 saturated carbocycles. The molecule has 0 aliphatic carbocycles. The van der Waals surface area contributed by atoms with Gasteiger partial charge in [0, 0.05) is 19.3 Å². The number of hydrogen-bond acceptors (Lipinski definition) is 3.